The van der Waals surface area contributed by atoms with Crippen LogP contribution in [0.25, 0.3) is 0 Å². The molecule has 0 amide bonds. The molecule has 0 heterocycles. The van der Waals surface area contributed by atoms with E-state index in [0.717, 1.165) is 19.1 Å². The molecule has 1 aliphatic rings. The lowest BCUT2D eigenvalue weighted by atomic mass is 9.85. The summed E-state index contributed by atoms with van der Waals surface area (Å²) in [7, 11) is 0. The highest BCUT2D eigenvalue weighted by atomic mass is 14.9. The van der Waals surface area contributed by atoms with Crippen LogP contribution in [0.5, 0.6) is 0 Å². The molecule has 1 rings (SSSR count). The first kappa shape index (κ1) is 11.0. The van der Waals surface area contributed by atoms with E-state index in [-0.39, 0.29) is 0 Å². The van der Waals surface area contributed by atoms with Crippen molar-refractivity contribution in [1.82, 2.24) is 5.32 Å². The lowest BCUT2D eigenvalue weighted by Crippen LogP contribution is -2.33. The number of hydrogen-bond donors (Lipinski definition) is 2. The molecule has 1 saturated carbocycles. The van der Waals surface area contributed by atoms with Crippen LogP contribution in [0.1, 0.15) is 46.0 Å². The minimum atomic E-state index is 0.569. The zero-order valence-corrected chi connectivity index (χ0v) is 9.10. The van der Waals surface area contributed by atoms with Gasteiger partial charge in [0.2, 0.25) is 0 Å². The van der Waals surface area contributed by atoms with E-state index in [1.165, 1.54) is 32.1 Å². The maximum Gasteiger partial charge on any atom is 0.00770 e. The minimum absolute atomic E-state index is 0.569. The van der Waals surface area contributed by atoms with Gasteiger partial charge in [0, 0.05) is 19.1 Å². The van der Waals surface area contributed by atoms with Crippen LogP contribution in [0.15, 0.2) is 0 Å². The number of hydrogen-bond acceptors (Lipinski definition) is 2. The average molecular weight is 184 g/mol. The molecule has 78 valence electrons. The van der Waals surface area contributed by atoms with Crippen LogP contribution in [0.3, 0.4) is 0 Å². The second kappa shape index (κ2) is 4.97. The fourth-order valence-electron chi connectivity index (χ4n) is 2.15. The van der Waals surface area contributed by atoms with Crippen LogP contribution < -0.4 is 11.1 Å². The van der Waals surface area contributed by atoms with Crippen molar-refractivity contribution in [2.75, 3.05) is 13.1 Å². The zero-order valence-electron chi connectivity index (χ0n) is 9.10. The molecule has 0 radical (unpaired) electrons. The van der Waals surface area contributed by atoms with Gasteiger partial charge >= 0.3 is 0 Å². The predicted molar refractivity (Wildman–Crippen MR) is 57.7 cm³/mol. The standard InChI is InChI=1S/C11H24N2/c1-11(2)6-3-4-10(5-7-11)13-9-8-12/h10,13H,3-9,12H2,1-2H3. The highest BCUT2D eigenvalue weighted by molar-refractivity contribution is 4.79. The van der Waals surface area contributed by atoms with Gasteiger partial charge in [-0.25, -0.2) is 0 Å². The molecule has 2 nitrogen and oxygen atoms in total. The Kier molecular flexibility index (Phi) is 4.20. The predicted octanol–water partition coefficient (Wildman–Crippen LogP) is 1.89. The molecule has 0 aromatic rings. The first-order valence-electron chi connectivity index (χ1n) is 5.57. The molecule has 3 N–H and O–H groups in total. The molecular formula is C11H24N2. The van der Waals surface area contributed by atoms with Crippen molar-refractivity contribution in [1.29, 1.82) is 0 Å². The third-order valence-corrected chi connectivity index (χ3v) is 3.15. The molecule has 13 heavy (non-hydrogen) atoms. The summed E-state index contributed by atoms with van der Waals surface area (Å²) in [6.45, 7) is 6.52. The summed E-state index contributed by atoms with van der Waals surface area (Å²) >= 11 is 0. The Morgan fingerprint density at radius 1 is 1.31 bits per heavy atom. The van der Waals surface area contributed by atoms with Gasteiger partial charge in [-0.05, 0) is 31.1 Å². The van der Waals surface area contributed by atoms with Crippen LogP contribution in [-0.4, -0.2) is 19.1 Å². The molecular weight excluding hydrogens is 160 g/mol. The van der Waals surface area contributed by atoms with Gasteiger partial charge in [-0.2, -0.15) is 0 Å². The van der Waals surface area contributed by atoms with Crippen molar-refractivity contribution in [3.8, 4) is 0 Å². The quantitative estimate of drug-likeness (QED) is 0.657. The van der Waals surface area contributed by atoms with Gasteiger partial charge in [-0.15, -0.1) is 0 Å². The van der Waals surface area contributed by atoms with E-state index in [1.54, 1.807) is 0 Å². The normalized spacial score (nSPS) is 28.4. The first-order chi connectivity index (χ1) is 6.14. The van der Waals surface area contributed by atoms with Crippen LogP contribution in [0.2, 0.25) is 0 Å². The summed E-state index contributed by atoms with van der Waals surface area (Å²) in [6, 6.07) is 0.727. The average Bonchev–Trinajstić information content (AvgIpc) is 2.23. The van der Waals surface area contributed by atoms with Crippen molar-refractivity contribution < 1.29 is 0 Å². The third kappa shape index (κ3) is 4.10. The molecule has 0 bridgehead atoms. The molecule has 1 unspecified atom stereocenters. The SMILES string of the molecule is CC1(C)CCCC(NCCN)CC1. The van der Waals surface area contributed by atoms with Crippen molar-refractivity contribution >= 4 is 0 Å². The summed E-state index contributed by atoms with van der Waals surface area (Å²) in [4.78, 5) is 0. The van der Waals surface area contributed by atoms with E-state index < -0.39 is 0 Å². The molecule has 0 aromatic heterocycles. The summed E-state index contributed by atoms with van der Waals surface area (Å²) in [5.74, 6) is 0. The molecule has 1 atom stereocenters. The molecule has 0 aromatic carbocycles. The summed E-state index contributed by atoms with van der Waals surface area (Å²) in [5.41, 5.74) is 6.04. The monoisotopic (exact) mass is 184 g/mol. The fourth-order valence-corrected chi connectivity index (χ4v) is 2.15. The van der Waals surface area contributed by atoms with Crippen molar-refractivity contribution in [2.45, 2.75) is 52.0 Å². The Hall–Kier alpha value is -0.0800. The fraction of sp³-hybridized carbons (Fsp3) is 1.00. The first-order valence-corrected chi connectivity index (χ1v) is 5.57. The van der Waals surface area contributed by atoms with Gasteiger partial charge in [0.25, 0.3) is 0 Å². The van der Waals surface area contributed by atoms with Gasteiger partial charge in [-0.1, -0.05) is 20.3 Å². The van der Waals surface area contributed by atoms with Gasteiger partial charge in [0.05, 0.1) is 0 Å². The Morgan fingerprint density at radius 3 is 2.77 bits per heavy atom. The van der Waals surface area contributed by atoms with Crippen molar-refractivity contribution in [3.05, 3.63) is 0 Å². The van der Waals surface area contributed by atoms with E-state index in [1.807, 2.05) is 0 Å². The Balaban J connectivity index is 2.28. The van der Waals surface area contributed by atoms with E-state index in [2.05, 4.69) is 19.2 Å². The molecule has 2 heteroatoms. The van der Waals surface area contributed by atoms with Crippen molar-refractivity contribution in [3.63, 3.8) is 0 Å². The van der Waals surface area contributed by atoms with E-state index in [9.17, 15) is 0 Å². The van der Waals surface area contributed by atoms with Gasteiger partial charge in [0.15, 0.2) is 0 Å². The lowest BCUT2D eigenvalue weighted by molar-refractivity contribution is 0.310. The highest BCUT2D eigenvalue weighted by Gasteiger charge is 2.23. The van der Waals surface area contributed by atoms with E-state index in [0.29, 0.717) is 5.41 Å². The number of rotatable bonds is 3. The maximum absolute atomic E-state index is 5.48. The summed E-state index contributed by atoms with van der Waals surface area (Å²) < 4.78 is 0. The molecule has 0 saturated heterocycles. The molecule has 0 spiro atoms. The number of nitrogens with two attached hydrogens (primary N) is 1. The third-order valence-electron chi connectivity index (χ3n) is 3.15. The van der Waals surface area contributed by atoms with Crippen molar-refractivity contribution in [2.24, 2.45) is 11.1 Å². The summed E-state index contributed by atoms with van der Waals surface area (Å²) in [5, 5.41) is 3.52. The molecule has 1 fully saturated rings. The minimum Gasteiger partial charge on any atom is -0.329 e. The molecule has 1 aliphatic carbocycles. The van der Waals surface area contributed by atoms with Gasteiger partial charge < -0.3 is 11.1 Å². The lowest BCUT2D eigenvalue weighted by Gasteiger charge is -2.22. The maximum atomic E-state index is 5.48. The number of nitrogens with one attached hydrogen (secondary N) is 1. The van der Waals surface area contributed by atoms with Gasteiger partial charge in [0.1, 0.15) is 0 Å². The largest absolute Gasteiger partial charge is 0.329 e. The summed E-state index contributed by atoms with van der Waals surface area (Å²) in [6.07, 6.45) is 6.77. The zero-order chi connectivity index (χ0) is 9.73. The Labute approximate surface area is 82.3 Å². The molecule has 0 aliphatic heterocycles. The van der Waals surface area contributed by atoms with E-state index >= 15 is 0 Å². The highest BCUT2D eigenvalue weighted by Crippen LogP contribution is 2.33. The second-order valence-corrected chi connectivity index (χ2v) is 5.03. The van der Waals surface area contributed by atoms with Crippen LogP contribution in [-0.2, 0) is 0 Å². The van der Waals surface area contributed by atoms with Crippen LogP contribution >= 0.6 is 0 Å². The van der Waals surface area contributed by atoms with Gasteiger partial charge in [-0.3, -0.25) is 0 Å². The van der Waals surface area contributed by atoms with Crippen LogP contribution in [0, 0.1) is 5.41 Å². The Bertz CT molecular complexity index is 143. The second-order valence-electron chi connectivity index (χ2n) is 5.03. The van der Waals surface area contributed by atoms with E-state index in [4.69, 9.17) is 5.73 Å². The smallest absolute Gasteiger partial charge is 0.00770 e. The Morgan fingerprint density at radius 2 is 2.08 bits per heavy atom. The topological polar surface area (TPSA) is 38.0 Å². The van der Waals surface area contributed by atoms with Crippen LogP contribution in [0.4, 0.5) is 0 Å².